The Hall–Kier alpha value is -1.86. The van der Waals surface area contributed by atoms with E-state index in [0.29, 0.717) is 17.2 Å². The monoisotopic (exact) mass is 437 g/mol. The Kier molecular flexibility index (Phi) is 8.71. The fourth-order valence-electron chi connectivity index (χ4n) is 3.10. The lowest BCUT2D eigenvalue weighted by molar-refractivity contribution is 0.175. The van der Waals surface area contributed by atoms with Crippen LogP contribution in [0.15, 0.2) is 59.5 Å². The second-order valence-electron chi connectivity index (χ2n) is 7.14. The van der Waals surface area contributed by atoms with Crippen molar-refractivity contribution in [3.05, 3.63) is 65.2 Å². The van der Waals surface area contributed by atoms with Crippen molar-refractivity contribution >= 4 is 27.7 Å². The lowest BCUT2D eigenvalue weighted by Gasteiger charge is -2.30. The molecule has 29 heavy (non-hydrogen) atoms. The average Bonchev–Trinajstić information content (AvgIpc) is 2.70. The van der Waals surface area contributed by atoms with Crippen LogP contribution in [0.5, 0.6) is 5.75 Å². The molecule has 1 atom stereocenters. The zero-order valence-electron chi connectivity index (χ0n) is 17.0. The van der Waals surface area contributed by atoms with Gasteiger partial charge in [0, 0.05) is 23.2 Å². The van der Waals surface area contributed by atoms with Gasteiger partial charge < -0.3 is 9.84 Å². The molecule has 0 bridgehead atoms. The van der Waals surface area contributed by atoms with Crippen LogP contribution in [0.4, 0.5) is 0 Å². The number of aliphatic hydroxyl groups is 1. The minimum Gasteiger partial charge on any atom is -0.496 e. The summed E-state index contributed by atoms with van der Waals surface area (Å²) in [5, 5.41) is 10.4. The second-order valence-corrected chi connectivity index (χ2v) is 9.47. The van der Waals surface area contributed by atoms with Crippen molar-refractivity contribution in [1.82, 2.24) is 4.31 Å². The maximum atomic E-state index is 13.3. The molecule has 0 radical (unpaired) electrons. The predicted molar refractivity (Wildman–Crippen MR) is 118 cm³/mol. The van der Waals surface area contributed by atoms with Crippen molar-refractivity contribution < 1.29 is 18.3 Å². The Morgan fingerprint density at radius 3 is 2.38 bits per heavy atom. The van der Waals surface area contributed by atoms with Gasteiger partial charge in [-0.3, -0.25) is 0 Å². The highest BCUT2D eigenvalue weighted by molar-refractivity contribution is 7.89. The van der Waals surface area contributed by atoms with Gasteiger partial charge in [-0.2, -0.15) is 4.31 Å². The summed E-state index contributed by atoms with van der Waals surface area (Å²) >= 11 is 5.91. The molecule has 0 saturated heterocycles. The maximum absolute atomic E-state index is 13.3. The molecule has 0 unspecified atom stereocenters. The molecule has 158 valence electrons. The van der Waals surface area contributed by atoms with Gasteiger partial charge in [0.1, 0.15) is 5.75 Å². The van der Waals surface area contributed by atoms with Gasteiger partial charge in [0.05, 0.1) is 18.6 Å². The molecule has 5 nitrogen and oxygen atoms in total. The molecular formula is C22H28ClNO4S. The Morgan fingerprint density at radius 1 is 1.14 bits per heavy atom. The van der Waals surface area contributed by atoms with Crippen molar-refractivity contribution in [3.8, 4) is 5.75 Å². The van der Waals surface area contributed by atoms with Gasteiger partial charge in [0.25, 0.3) is 0 Å². The van der Waals surface area contributed by atoms with E-state index in [1.165, 1.54) is 16.4 Å². The van der Waals surface area contributed by atoms with Crippen LogP contribution in [0.1, 0.15) is 25.8 Å². The Balaban J connectivity index is 2.36. The minimum absolute atomic E-state index is 0.126. The highest BCUT2D eigenvalue weighted by Crippen LogP contribution is 2.24. The van der Waals surface area contributed by atoms with Crippen LogP contribution in [0.3, 0.4) is 0 Å². The van der Waals surface area contributed by atoms with E-state index in [9.17, 15) is 13.5 Å². The number of rotatable bonds is 10. The second kappa shape index (κ2) is 10.8. The number of methoxy groups -OCH3 is 1. The summed E-state index contributed by atoms with van der Waals surface area (Å²) in [6.45, 7) is 3.87. The Bertz CT molecular complexity index is 911. The number of aliphatic hydroxyl groups excluding tert-OH is 1. The highest BCUT2D eigenvalue weighted by Gasteiger charge is 2.30. The van der Waals surface area contributed by atoms with Crippen LogP contribution in [-0.2, 0) is 10.0 Å². The predicted octanol–water partition coefficient (Wildman–Crippen LogP) is 4.46. The van der Waals surface area contributed by atoms with E-state index < -0.39 is 16.1 Å². The van der Waals surface area contributed by atoms with Gasteiger partial charge in [0.15, 0.2) is 0 Å². The van der Waals surface area contributed by atoms with Crippen molar-refractivity contribution in [1.29, 1.82) is 0 Å². The van der Waals surface area contributed by atoms with E-state index in [0.717, 1.165) is 5.56 Å². The van der Waals surface area contributed by atoms with Crippen LogP contribution in [-0.4, -0.2) is 44.1 Å². The molecule has 0 aromatic heterocycles. The molecular weight excluding hydrogens is 410 g/mol. The van der Waals surface area contributed by atoms with E-state index in [1.807, 2.05) is 44.2 Å². The molecule has 7 heteroatoms. The summed E-state index contributed by atoms with van der Waals surface area (Å²) in [5.74, 6) is 0.935. The molecule has 0 aliphatic carbocycles. The number of hydrogen-bond acceptors (Lipinski definition) is 4. The van der Waals surface area contributed by atoms with E-state index in [4.69, 9.17) is 16.3 Å². The zero-order chi connectivity index (χ0) is 21.4. The van der Waals surface area contributed by atoms with Crippen LogP contribution >= 0.6 is 11.6 Å². The molecule has 2 aromatic carbocycles. The SMILES string of the molecule is COc1ccccc1C=CCN([C@@H](CO)CC(C)C)S(=O)(=O)c1ccc(Cl)cc1. The van der Waals surface area contributed by atoms with Gasteiger partial charge in [-0.25, -0.2) is 8.42 Å². The van der Waals surface area contributed by atoms with Gasteiger partial charge >= 0.3 is 0 Å². The van der Waals surface area contributed by atoms with Gasteiger partial charge in [-0.15, -0.1) is 0 Å². The maximum Gasteiger partial charge on any atom is 0.243 e. The van der Waals surface area contributed by atoms with Crippen LogP contribution < -0.4 is 4.74 Å². The first-order chi connectivity index (χ1) is 13.8. The molecule has 2 aromatic rings. The first-order valence-electron chi connectivity index (χ1n) is 9.47. The molecule has 2 rings (SSSR count). The van der Waals surface area contributed by atoms with Gasteiger partial charge in [-0.05, 0) is 42.7 Å². The summed E-state index contributed by atoms with van der Waals surface area (Å²) in [6.07, 6.45) is 4.15. The van der Waals surface area contributed by atoms with Gasteiger partial charge in [-0.1, -0.05) is 55.8 Å². The van der Waals surface area contributed by atoms with Crippen LogP contribution in [0.2, 0.25) is 5.02 Å². The molecule has 0 aliphatic rings. The third-order valence-corrected chi connectivity index (χ3v) is 6.69. The van der Waals surface area contributed by atoms with Crippen LogP contribution in [0.25, 0.3) is 6.08 Å². The molecule has 0 heterocycles. The fraction of sp³-hybridized carbons (Fsp3) is 0.364. The van der Waals surface area contributed by atoms with E-state index in [2.05, 4.69) is 0 Å². The van der Waals surface area contributed by atoms with Crippen molar-refractivity contribution in [2.24, 2.45) is 5.92 Å². The highest BCUT2D eigenvalue weighted by atomic mass is 35.5. The molecule has 0 saturated carbocycles. The zero-order valence-corrected chi connectivity index (χ0v) is 18.5. The fourth-order valence-corrected chi connectivity index (χ4v) is 4.80. The van der Waals surface area contributed by atoms with E-state index >= 15 is 0 Å². The summed E-state index contributed by atoms with van der Waals surface area (Å²) in [5.41, 5.74) is 0.850. The third-order valence-electron chi connectivity index (χ3n) is 4.50. The summed E-state index contributed by atoms with van der Waals surface area (Å²) < 4.78 is 33.3. The molecule has 1 N–H and O–H groups in total. The number of halogens is 1. The lowest BCUT2D eigenvalue weighted by atomic mass is 10.0. The number of hydrogen-bond donors (Lipinski definition) is 1. The van der Waals surface area contributed by atoms with Gasteiger partial charge in [0.2, 0.25) is 10.0 Å². The lowest BCUT2D eigenvalue weighted by Crippen LogP contribution is -2.43. The standard InChI is InChI=1S/C22H28ClNO4S/c1-17(2)15-20(16-25)24(29(26,27)21-12-10-19(23)11-13-21)14-6-8-18-7-4-5-9-22(18)28-3/h4-13,17,20,25H,14-16H2,1-3H3/t20-/m1/s1. The largest absolute Gasteiger partial charge is 0.496 e. The summed E-state index contributed by atoms with van der Waals surface area (Å²) in [6, 6.07) is 13.0. The number of benzene rings is 2. The van der Waals surface area contributed by atoms with Crippen LogP contribution in [0, 0.1) is 5.92 Å². The number of nitrogens with zero attached hydrogens (tertiary/aromatic N) is 1. The van der Waals surface area contributed by atoms with Crippen molar-refractivity contribution in [2.75, 3.05) is 20.3 Å². The quantitative estimate of drug-likeness (QED) is 0.595. The Morgan fingerprint density at radius 2 is 1.79 bits per heavy atom. The van der Waals surface area contributed by atoms with E-state index in [-0.39, 0.29) is 24.0 Å². The smallest absolute Gasteiger partial charge is 0.243 e. The normalized spacial score (nSPS) is 13.3. The Labute approximate surface area is 178 Å². The number of sulfonamides is 1. The number of ether oxygens (including phenoxy) is 1. The van der Waals surface area contributed by atoms with Crippen molar-refractivity contribution in [2.45, 2.75) is 31.2 Å². The summed E-state index contributed by atoms with van der Waals surface area (Å²) in [4.78, 5) is 0.148. The molecule has 0 amide bonds. The first kappa shape index (κ1) is 23.4. The van der Waals surface area contributed by atoms with E-state index in [1.54, 1.807) is 25.3 Å². The first-order valence-corrected chi connectivity index (χ1v) is 11.3. The average molecular weight is 438 g/mol. The minimum atomic E-state index is -3.81. The summed E-state index contributed by atoms with van der Waals surface area (Å²) in [7, 11) is -2.22. The number of para-hydroxylation sites is 1. The molecule has 0 aliphatic heterocycles. The molecule has 0 fully saturated rings. The molecule has 0 spiro atoms. The van der Waals surface area contributed by atoms with Crippen molar-refractivity contribution in [3.63, 3.8) is 0 Å². The third kappa shape index (κ3) is 6.31. The topological polar surface area (TPSA) is 66.8 Å².